The predicted octanol–water partition coefficient (Wildman–Crippen LogP) is 4.46. The zero-order valence-corrected chi connectivity index (χ0v) is 14.5. The van der Waals surface area contributed by atoms with E-state index >= 15 is 0 Å². The van der Waals surface area contributed by atoms with Gasteiger partial charge in [0.2, 0.25) is 5.91 Å². The number of amides is 1. The fraction of sp³-hybridized carbons (Fsp3) is 0.550. The third-order valence-electron chi connectivity index (χ3n) is 4.54. The van der Waals surface area contributed by atoms with Gasteiger partial charge in [0.25, 0.3) is 0 Å². The summed E-state index contributed by atoms with van der Waals surface area (Å²) in [4.78, 5) is 35.0. The highest BCUT2D eigenvalue weighted by molar-refractivity contribution is 5.99. The summed E-state index contributed by atoms with van der Waals surface area (Å²) >= 11 is 0. The Morgan fingerprint density at radius 3 is 2.54 bits per heavy atom. The van der Waals surface area contributed by atoms with E-state index in [9.17, 15) is 14.4 Å². The summed E-state index contributed by atoms with van der Waals surface area (Å²) in [6.07, 6.45) is 7.95. The maximum Gasteiger partial charge on any atom is 0.224 e. The first-order valence-electron chi connectivity index (χ1n) is 9.08. The van der Waals surface area contributed by atoms with E-state index in [4.69, 9.17) is 0 Å². The van der Waals surface area contributed by atoms with Crippen molar-refractivity contribution >= 4 is 23.2 Å². The van der Waals surface area contributed by atoms with Crippen LogP contribution in [0, 0.1) is 0 Å². The van der Waals surface area contributed by atoms with E-state index in [0.29, 0.717) is 31.5 Å². The largest absolute Gasteiger partial charge is 0.326 e. The van der Waals surface area contributed by atoms with Crippen LogP contribution in [0.15, 0.2) is 18.2 Å². The van der Waals surface area contributed by atoms with Crippen LogP contribution in [0.4, 0.5) is 5.69 Å². The molecule has 1 aromatic carbocycles. The zero-order valence-electron chi connectivity index (χ0n) is 14.5. The lowest BCUT2D eigenvalue weighted by molar-refractivity contribution is -0.119. The minimum absolute atomic E-state index is 0.0155. The van der Waals surface area contributed by atoms with Gasteiger partial charge in [0, 0.05) is 36.9 Å². The fourth-order valence-corrected chi connectivity index (χ4v) is 3.09. The van der Waals surface area contributed by atoms with E-state index in [-0.39, 0.29) is 11.7 Å². The third-order valence-corrected chi connectivity index (χ3v) is 4.54. The fourth-order valence-electron chi connectivity index (χ4n) is 3.09. The number of nitrogens with one attached hydrogen (secondary N) is 1. The average Bonchev–Trinajstić information content (AvgIpc) is 2.57. The van der Waals surface area contributed by atoms with Gasteiger partial charge in [-0.05, 0) is 49.4 Å². The lowest BCUT2D eigenvalue weighted by Gasteiger charge is -2.16. The maximum absolute atomic E-state index is 12.0. The van der Waals surface area contributed by atoms with Gasteiger partial charge < -0.3 is 5.32 Å². The minimum Gasteiger partial charge on any atom is -0.326 e. The van der Waals surface area contributed by atoms with E-state index in [1.807, 2.05) is 25.1 Å². The number of carbonyl (C=O) groups is 3. The SMILES string of the molecule is CCC(=O)CCCCCCC(=O)Nc1ccc2c(c1)CCCC2=O. The molecule has 0 heterocycles. The molecule has 4 heteroatoms. The number of benzene rings is 1. The number of ketones is 2. The van der Waals surface area contributed by atoms with Crippen LogP contribution in [0.3, 0.4) is 0 Å². The number of rotatable bonds is 9. The van der Waals surface area contributed by atoms with Crippen LogP contribution in [-0.4, -0.2) is 17.5 Å². The van der Waals surface area contributed by atoms with Gasteiger partial charge in [-0.3, -0.25) is 14.4 Å². The van der Waals surface area contributed by atoms with Crippen LogP contribution >= 0.6 is 0 Å². The topological polar surface area (TPSA) is 63.2 Å². The highest BCUT2D eigenvalue weighted by atomic mass is 16.1. The summed E-state index contributed by atoms with van der Waals surface area (Å²) in [6, 6.07) is 5.58. The lowest BCUT2D eigenvalue weighted by atomic mass is 9.90. The van der Waals surface area contributed by atoms with Crippen molar-refractivity contribution in [2.75, 3.05) is 5.32 Å². The second kappa shape index (κ2) is 9.36. The summed E-state index contributed by atoms with van der Waals surface area (Å²) in [5, 5.41) is 2.92. The number of fused-ring (bicyclic) bond motifs is 1. The summed E-state index contributed by atoms with van der Waals surface area (Å²) in [5.41, 5.74) is 2.63. The Labute approximate surface area is 144 Å². The third kappa shape index (κ3) is 5.59. The number of aryl methyl sites for hydroxylation is 1. The molecular formula is C20H27NO3. The Morgan fingerprint density at radius 2 is 1.79 bits per heavy atom. The molecule has 1 aliphatic carbocycles. The Morgan fingerprint density at radius 1 is 1.04 bits per heavy atom. The monoisotopic (exact) mass is 329 g/mol. The van der Waals surface area contributed by atoms with Crippen molar-refractivity contribution in [2.24, 2.45) is 0 Å². The summed E-state index contributed by atoms with van der Waals surface area (Å²) in [5.74, 6) is 0.538. The number of hydrogen-bond donors (Lipinski definition) is 1. The van der Waals surface area contributed by atoms with Crippen molar-refractivity contribution in [3.8, 4) is 0 Å². The number of carbonyl (C=O) groups excluding carboxylic acids is 3. The van der Waals surface area contributed by atoms with E-state index < -0.39 is 0 Å². The molecule has 1 N–H and O–H groups in total. The van der Waals surface area contributed by atoms with Crippen molar-refractivity contribution in [3.63, 3.8) is 0 Å². The molecule has 130 valence electrons. The van der Waals surface area contributed by atoms with Crippen LogP contribution in [0.5, 0.6) is 0 Å². The smallest absolute Gasteiger partial charge is 0.224 e. The minimum atomic E-state index is 0.0155. The molecule has 4 nitrogen and oxygen atoms in total. The summed E-state index contributed by atoms with van der Waals surface area (Å²) in [7, 11) is 0. The number of hydrogen-bond acceptors (Lipinski definition) is 3. The van der Waals surface area contributed by atoms with Gasteiger partial charge in [-0.2, -0.15) is 0 Å². The van der Waals surface area contributed by atoms with Gasteiger partial charge in [-0.25, -0.2) is 0 Å². The van der Waals surface area contributed by atoms with Crippen molar-refractivity contribution in [1.82, 2.24) is 0 Å². The Balaban J connectivity index is 1.69. The van der Waals surface area contributed by atoms with E-state index in [0.717, 1.165) is 55.3 Å². The summed E-state index contributed by atoms with van der Waals surface area (Å²) < 4.78 is 0. The molecular weight excluding hydrogens is 302 g/mol. The van der Waals surface area contributed by atoms with Gasteiger partial charge in [-0.15, -0.1) is 0 Å². The van der Waals surface area contributed by atoms with Crippen LogP contribution in [-0.2, 0) is 16.0 Å². The zero-order chi connectivity index (χ0) is 17.4. The predicted molar refractivity (Wildman–Crippen MR) is 95.3 cm³/mol. The molecule has 0 spiro atoms. The van der Waals surface area contributed by atoms with Gasteiger partial charge >= 0.3 is 0 Å². The maximum atomic E-state index is 12.0. The first-order chi connectivity index (χ1) is 11.6. The van der Waals surface area contributed by atoms with E-state index in [1.165, 1.54) is 0 Å². The Bertz CT molecular complexity index is 607. The molecule has 0 fully saturated rings. The van der Waals surface area contributed by atoms with Crippen molar-refractivity contribution in [3.05, 3.63) is 29.3 Å². The van der Waals surface area contributed by atoms with Crippen molar-refractivity contribution in [1.29, 1.82) is 0 Å². The van der Waals surface area contributed by atoms with Crippen molar-refractivity contribution in [2.45, 2.75) is 71.1 Å². The molecule has 0 aliphatic heterocycles. The molecule has 24 heavy (non-hydrogen) atoms. The normalized spacial score (nSPS) is 13.5. The Hall–Kier alpha value is -1.97. The van der Waals surface area contributed by atoms with Gasteiger partial charge in [-0.1, -0.05) is 19.8 Å². The molecule has 0 unspecified atom stereocenters. The van der Waals surface area contributed by atoms with E-state index in [1.54, 1.807) is 0 Å². The highest BCUT2D eigenvalue weighted by Crippen LogP contribution is 2.24. The van der Waals surface area contributed by atoms with Crippen LogP contribution < -0.4 is 5.32 Å². The molecule has 0 saturated carbocycles. The first kappa shape index (κ1) is 18.4. The average molecular weight is 329 g/mol. The molecule has 1 amide bonds. The number of unbranched alkanes of at least 4 members (excludes halogenated alkanes) is 3. The van der Waals surface area contributed by atoms with Crippen molar-refractivity contribution < 1.29 is 14.4 Å². The molecule has 1 aromatic rings. The number of Topliss-reactive ketones (excluding diaryl/α,β-unsaturated/α-hetero) is 2. The molecule has 1 aliphatic rings. The highest BCUT2D eigenvalue weighted by Gasteiger charge is 2.17. The quantitative estimate of drug-likeness (QED) is 0.680. The lowest BCUT2D eigenvalue weighted by Crippen LogP contribution is -2.14. The van der Waals surface area contributed by atoms with Crippen LogP contribution in [0.1, 0.15) is 80.6 Å². The second-order valence-corrected chi connectivity index (χ2v) is 6.50. The first-order valence-corrected chi connectivity index (χ1v) is 9.08. The molecule has 0 saturated heterocycles. The van der Waals surface area contributed by atoms with Crippen LogP contribution in [0.2, 0.25) is 0 Å². The second-order valence-electron chi connectivity index (χ2n) is 6.50. The van der Waals surface area contributed by atoms with E-state index in [2.05, 4.69) is 5.32 Å². The van der Waals surface area contributed by atoms with Crippen LogP contribution in [0.25, 0.3) is 0 Å². The van der Waals surface area contributed by atoms with Gasteiger partial charge in [0.1, 0.15) is 5.78 Å². The summed E-state index contributed by atoms with van der Waals surface area (Å²) in [6.45, 7) is 1.89. The number of anilines is 1. The van der Waals surface area contributed by atoms with Gasteiger partial charge in [0.05, 0.1) is 0 Å². The molecule has 0 radical (unpaired) electrons. The molecule has 0 aromatic heterocycles. The molecule has 0 atom stereocenters. The standard InChI is InChI=1S/C20H27NO3/c1-2-17(22)9-5-3-4-6-11-20(24)21-16-12-13-18-15(14-16)8-7-10-19(18)23/h12-14H,2-11H2,1H3,(H,21,24). The van der Waals surface area contributed by atoms with Gasteiger partial charge in [0.15, 0.2) is 5.78 Å². The molecule has 0 bridgehead atoms. The Kier molecular flexibility index (Phi) is 7.16. The molecule has 2 rings (SSSR count).